The Bertz CT molecular complexity index is 248. The first kappa shape index (κ1) is 19.4. The Morgan fingerprint density at radius 3 is 1.85 bits per heavy atom. The highest BCUT2D eigenvalue weighted by molar-refractivity contribution is 6.60. The second-order valence-electron chi connectivity index (χ2n) is 4.36. The summed E-state index contributed by atoms with van der Waals surface area (Å²) < 4.78 is 17.2. The number of amides is 1. The third kappa shape index (κ3) is 7.23. The van der Waals surface area contributed by atoms with Gasteiger partial charge in [-0.05, 0) is 33.6 Å². The Balaban J connectivity index is 4.45. The van der Waals surface area contributed by atoms with E-state index in [0.29, 0.717) is 45.4 Å². The highest BCUT2D eigenvalue weighted by atomic mass is 28.4. The molecule has 0 atom stereocenters. The van der Waals surface area contributed by atoms with Crippen molar-refractivity contribution in [3.8, 4) is 0 Å². The monoisotopic (exact) mass is 307 g/mol. The van der Waals surface area contributed by atoms with Gasteiger partial charge in [-0.2, -0.15) is 0 Å². The number of rotatable bonds is 12. The Morgan fingerprint density at radius 1 is 1.00 bits per heavy atom. The summed E-state index contributed by atoms with van der Waals surface area (Å²) >= 11 is 0. The van der Waals surface area contributed by atoms with Gasteiger partial charge >= 0.3 is 14.9 Å². The number of nitrogens with zero attached hydrogens (tertiary/aromatic N) is 1. The molecular formula is C13H29NO5Si. The maximum Gasteiger partial charge on any atom is 0.500 e. The molecule has 0 aliphatic heterocycles. The molecular weight excluding hydrogens is 278 g/mol. The Labute approximate surface area is 123 Å². The van der Waals surface area contributed by atoms with E-state index in [1.807, 2.05) is 27.7 Å². The molecule has 0 aromatic carbocycles. The van der Waals surface area contributed by atoms with Crippen molar-refractivity contribution in [2.45, 2.75) is 46.6 Å². The molecule has 0 saturated heterocycles. The second-order valence-corrected chi connectivity index (χ2v) is 7.09. The minimum atomic E-state index is -2.64. The van der Waals surface area contributed by atoms with Gasteiger partial charge in [-0.3, -0.25) is 0 Å². The largest absolute Gasteiger partial charge is 0.500 e. The van der Waals surface area contributed by atoms with Crippen LogP contribution in [0.2, 0.25) is 6.04 Å². The van der Waals surface area contributed by atoms with Crippen molar-refractivity contribution in [1.29, 1.82) is 0 Å². The van der Waals surface area contributed by atoms with Crippen LogP contribution >= 0.6 is 0 Å². The van der Waals surface area contributed by atoms with Gasteiger partial charge in [-0.1, -0.05) is 6.92 Å². The van der Waals surface area contributed by atoms with Crippen molar-refractivity contribution in [3.63, 3.8) is 0 Å². The van der Waals surface area contributed by atoms with Crippen molar-refractivity contribution in [1.82, 2.24) is 4.90 Å². The lowest BCUT2D eigenvalue weighted by Crippen LogP contribution is -2.46. The van der Waals surface area contributed by atoms with Gasteiger partial charge in [0.2, 0.25) is 0 Å². The first-order valence-electron chi connectivity index (χ1n) is 7.44. The maximum absolute atomic E-state index is 11.1. The van der Waals surface area contributed by atoms with E-state index in [4.69, 9.17) is 18.4 Å². The predicted molar refractivity (Wildman–Crippen MR) is 79.9 cm³/mol. The summed E-state index contributed by atoms with van der Waals surface area (Å²) in [7, 11) is -2.64. The Morgan fingerprint density at radius 2 is 1.50 bits per heavy atom. The van der Waals surface area contributed by atoms with E-state index >= 15 is 0 Å². The van der Waals surface area contributed by atoms with Gasteiger partial charge in [0.15, 0.2) is 0 Å². The predicted octanol–water partition coefficient (Wildman–Crippen LogP) is 2.81. The standard InChI is InChI=1S/C13H29NO5Si/c1-5-10-14(13(15)16)11-9-12-20(17-6-2,18-7-3)19-8-4/h5-12H2,1-4H3,(H,15,16). The zero-order chi connectivity index (χ0) is 15.4. The lowest BCUT2D eigenvalue weighted by Gasteiger charge is -2.29. The van der Waals surface area contributed by atoms with Crippen molar-refractivity contribution in [2.75, 3.05) is 32.9 Å². The van der Waals surface area contributed by atoms with Crippen molar-refractivity contribution < 1.29 is 23.2 Å². The molecule has 0 heterocycles. The van der Waals surface area contributed by atoms with E-state index in [1.165, 1.54) is 4.90 Å². The quantitative estimate of drug-likeness (QED) is 0.562. The van der Waals surface area contributed by atoms with Crippen molar-refractivity contribution in [3.05, 3.63) is 0 Å². The van der Waals surface area contributed by atoms with Crippen LogP contribution in [0.3, 0.4) is 0 Å². The molecule has 1 amide bonds. The molecule has 120 valence electrons. The Kier molecular flexibility index (Phi) is 10.7. The number of carbonyl (C=O) groups is 1. The molecule has 0 saturated carbocycles. The first-order valence-corrected chi connectivity index (χ1v) is 9.38. The topological polar surface area (TPSA) is 68.2 Å². The molecule has 0 radical (unpaired) electrons. The average Bonchev–Trinajstić information content (AvgIpc) is 2.38. The average molecular weight is 307 g/mol. The molecule has 7 heteroatoms. The van der Waals surface area contributed by atoms with Crippen LogP contribution in [0.5, 0.6) is 0 Å². The lowest BCUT2D eigenvalue weighted by atomic mass is 10.4. The third-order valence-electron chi connectivity index (χ3n) is 2.77. The van der Waals surface area contributed by atoms with Crippen molar-refractivity contribution in [2.24, 2.45) is 0 Å². The van der Waals surface area contributed by atoms with E-state index in [2.05, 4.69) is 0 Å². The molecule has 0 fully saturated rings. The van der Waals surface area contributed by atoms with Crippen LogP contribution in [-0.2, 0) is 13.3 Å². The summed E-state index contributed by atoms with van der Waals surface area (Å²) in [4.78, 5) is 12.5. The van der Waals surface area contributed by atoms with E-state index < -0.39 is 14.9 Å². The summed E-state index contributed by atoms with van der Waals surface area (Å²) in [6, 6.07) is 0.649. The summed E-state index contributed by atoms with van der Waals surface area (Å²) in [6.45, 7) is 10.4. The van der Waals surface area contributed by atoms with E-state index in [9.17, 15) is 4.79 Å². The van der Waals surface area contributed by atoms with E-state index in [0.717, 1.165) is 6.42 Å². The van der Waals surface area contributed by atoms with Crippen LogP contribution in [0.25, 0.3) is 0 Å². The summed E-state index contributed by atoms with van der Waals surface area (Å²) in [5.41, 5.74) is 0. The molecule has 0 aliphatic rings. The molecule has 0 bridgehead atoms. The minimum Gasteiger partial charge on any atom is -0.465 e. The molecule has 0 unspecified atom stereocenters. The summed E-state index contributed by atoms with van der Waals surface area (Å²) in [5.74, 6) is 0. The van der Waals surface area contributed by atoms with Gasteiger partial charge < -0.3 is 23.3 Å². The molecule has 0 spiro atoms. The smallest absolute Gasteiger partial charge is 0.465 e. The second kappa shape index (κ2) is 11.1. The SMILES string of the molecule is CCCN(CCC[Si](OCC)(OCC)OCC)C(=O)O. The number of hydrogen-bond acceptors (Lipinski definition) is 4. The first-order chi connectivity index (χ1) is 9.55. The summed E-state index contributed by atoms with van der Waals surface area (Å²) in [5, 5.41) is 9.09. The van der Waals surface area contributed by atoms with Gasteiger partial charge in [0.1, 0.15) is 0 Å². The van der Waals surface area contributed by atoms with E-state index in [-0.39, 0.29) is 0 Å². The van der Waals surface area contributed by atoms with Crippen LogP contribution in [0.4, 0.5) is 4.79 Å². The van der Waals surface area contributed by atoms with Gasteiger partial charge in [0.25, 0.3) is 0 Å². The van der Waals surface area contributed by atoms with Crippen LogP contribution in [0.1, 0.15) is 40.5 Å². The molecule has 1 N–H and O–H groups in total. The molecule has 0 aromatic heterocycles. The fourth-order valence-corrected chi connectivity index (χ4v) is 4.65. The van der Waals surface area contributed by atoms with E-state index in [1.54, 1.807) is 0 Å². The maximum atomic E-state index is 11.1. The Hall–Kier alpha value is -0.633. The molecule has 20 heavy (non-hydrogen) atoms. The van der Waals surface area contributed by atoms with Gasteiger partial charge in [-0.25, -0.2) is 4.79 Å². The highest BCUT2D eigenvalue weighted by Gasteiger charge is 2.39. The van der Waals surface area contributed by atoms with Gasteiger partial charge in [0, 0.05) is 39.0 Å². The summed E-state index contributed by atoms with van der Waals surface area (Å²) in [6.07, 6.45) is 0.638. The van der Waals surface area contributed by atoms with Crippen molar-refractivity contribution >= 4 is 14.9 Å². The van der Waals surface area contributed by atoms with Gasteiger partial charge in [0.05, 0.1) is 0 Å². The number of hydrogen-bond donors (Lipinski definition) is 1. The third-order valence-corrected chi connectivity index (χ3v) is 5.92. The van der Waals surface area contributed by atoms with Crippen LogP contribution in [-0.4, -0.2) is 57.8 Å². The van der Waals surface area contributed by atoms with Crippen LogP contribution < -0.4 is 0 Å². The van der Waals surface area contributed by atoms with Gasteiger partial charge in [-0.15, -0.1) is 0 Å². The molecule has 6 nitrogen and oxygen atoms in total. The van der Waals surface area contributed by atoms with Crippen LogP contribution in [0.15, 0.2) is 0 Å². The van der Waals surface area contributed by atoms with Crippen LogP contribution in [0, 0.1) is 0 Å². The normalized spacial score (nSPS) is 11.6. The molecule has 0 aromatic rings. The fraction of sp³-hybridized carbons (Fsp3) is 0.923. The minimum absolute atomic E-state index is 0.491. The highest BCUT2D eigenvalue weighted by Crippen LogP contribution is 2.18. The molecule has 0 aliphatic carbocycles. The molecule has 0 rings (SSSR count). The fourth-order valence-electron chi connectivity index (χ4n) is 2.06. The zero-order valence-electron chi connectivity index (χ0n) is 13.2. The lowest BCUT2D eigenvalue weighted by molar-refractivity contribution is 0.0696. The zero-order valence-corrected chi connectivity index (χ0v) is 14.2. The number of carboxylic acid groups (broad SMARTS) is 1.